The topological polar surface area (TPSA) is 95.6 Å². The molecular formula is C15H16N2O3. The Morgan fingerprint density at radius 3 is 2.45 bits per heavy atom. The smallest absolute Gasteiger partial charge is 0.255 e. The number of carbonyl (C=O) groups is 1. The molecule has 0 aliphatic rings. The third-order valence-corrected chi connectivity index (χ3v) is 3.00. The van der Waals surface area contributed by atoms with Crippen molar-refractivity contribution in [3.8, 4) is 11.5 Å². The number of phenols is 2. The van der Waals surface area contributed by atoms with Crippen molar-refractivity contribution in [2.45, 2.75) is 6.04 Å². The molecule has 0 aliphatic carbocycles. The van der Waals surface area contributed by atoms with Gasteiger partial charge >= 0.3 is 0 Å². The molecule has 0 spiro atoms. The number of nitrogens with one attached hydrogen (secondary N) is 1. The summed E-state index contributed by atoms with van der Waals surface area (Å²) in [4.78, 5) is 12.1. The highest BCUT2D eigenvalue weighted by molar-refractivity contribution is 5.97. The van der Waals surface area contributed by atoms with E-state index in [4.69, 9.17) is 5.73 Å². The van der Waals surface area contributed by atoms with Crippen LogP contribution in [0.2, 0.25) is 0 Å². The maximum atomic E-state index is 12.1. The molecule has 0 saturated heterocycles. The van der Waals surface area contributed by atoms with Crippen LogP contribution in [0, 0.1) is 0 Å². The maximum absolute atomic E-state index is 12.1. The van der Waals surface area contributed by atoms with Gasteiger partial charge in [-0.1, -0.05) is 36.4 Å². The first-order chi connectivity index (χ1) is 9.63. The monoisotopic (exact) mass is 272 g/mol. The van der Waals surface area contributed by atoms with E-state index in [1.807, 2.05) is 30.3 Å². The van der Waals surface area contributed by atoms with Gasteiger partial charge in [0.2, 0.25) is 0 Å². The van der Waals surface area contributed by atoms with E-state index in [-0.39, 0.29) is 23.9 Å². The van der Waals surface area contributed by atoms with Crippen molar-refractivity contribution in [3.63, 3.8) is 0 Å². The number of rotatable bonds is 4. The van der Waals surface area contributed by atoms with Gasteiger partial charge in [-0.3, -0.25) is 4.79 Å². The minimum Gasteiger partial charge on any atom is -0.504 e. The standard InChI is InChI=1S/C15H16N2O3/c16-9-12(10-5-2-1-3-6-10)17-15(20)11-7-4-8-13(18)14(11)19/h1-8,12,18-19H,9,16H2,(H,17,20). The third-order valence-electron chi connectivity index (χ3n) is 3.00. The SMILES string of the molecule is NCC(NC(=O)c1cccc(O)c1O)c1ccccc1. The lowest BCUT2D eigenvalue weighted by Gasteiger charge is -2.17. The summed E-state index contributed by atoms with van der Waals surface area (Å²) in [6.45, 7) is 0.231. The van der Waals surface area contributed by atoms with Crippen LogP contribution in [0.4, 0.5) is 0 Å². The molecule has 1 unspecified atom stereocenters. The van der Waals surface area contributed by atoms with Crippen LogP contribution >= 0.6 is 0 Å². The molecule has 0 aliphatic heterocycles. The number of hydrogen-bond donors (Lipinski definition) is 4. The number of para-hydroxylation sites is 1. The predicted octanol–water partition coefficient (Wildman–Crippen LogP) is 1.53. The molecule has 0 bridgehead atoms. The van der Waals surface area contributed by atoms with Crippen LogP contribution in [0.15, 0.2) is 48.5 Å². The van der Waals surface area contributed by atoms with Gasteiger partial charge in [0.15, 0.2) is 11.5 Å². The number of nitrogens with two attached hydrogens (primary N) is 1. The Morgan fingerprint density at radius 2 is 1.80 bits per heavy atom. The second-order valence-electron chi connectivity index (χ2n) is 4.35. The van der Waals surface area contributed by atoms with E-state index in [0.29, 0.717) is 0 Å². The number of carbonyl (C=O) groups excluding carboxylic acids is 1. The molecule has 0 heterocycles. The van der Waals surface area contributed by atoms with Gasteiger partial charge in [-0.05, 0) is 17.7 Å². The average molecular weight is 272 g/mol. The summed E-state index contributed by atoms with van der Waals surface area (Å²) < 4.78 is 0. The van der Waals surface area contributed by atoms with Gasteiger partial charge in [0.1, 0.15) is 0 Å². The normalized spacial score (nSPS) is 11.8. The molecule has 0 fully saturated rings. The van der Waals surface area contributed by atoms with Crippen molar-refractivity contribution in [1.82, 2.24) is 5.32 Å². The summed E-state index contributed by atoms with van der Waals surface area (Å²) in [6, 6.07) is 13.2. The van der Waals surface area contributed by atoms with Crippen LogP contribution in [-0.2, 0) is 0 Å². The van der Waals surface area contributed by atoms with Crippen LogP contribution in [0.1, 0.15) is 22.0 Å². The summed E-state index contributed by atoms with van der Waals surface area (Å²) in [6.07, 6.45) is 0. The highest BCUT2D eigenvalue weighted by Gasteiger charge is 2.18. The first-order valence-corrected chi connectivity index (χ1v) is 6.20. The first kappa shape index (κ1) is 13.9. The Hall–Kier alpha value is -2.53. The van der Waals surface area contributed by atoms with Gasteiger partial charge in [0.25, 0.3) is 5.91 Å². The summed E-state index contributed by atoms with van der Waals surface area (Å²) in [5.41, 5.74) is 6.56. The fourth-order valence-electron chi connectivity index (χ4n) is 1.91. The molecule has 0 radical (unpaired) electrons. The Kier molecular flexibility index (Phi) is 4.22. The summed E-state index contributed by atoms with van der Waals surface area (Å²) >= 11 is 0. The fourth-order valence-corrected chi connectivity index (χ4v) is 1.91. The zero-order valence-corrected chi connectivity index (χ0v) is 10.8. The Labute approximate surface area is 116 Å². The lowest BCUT2D eigenvalue weighted by Crippen LogP contribution is -2.33. The molecule has 5 N–H and O–H groups in total. The molecule has 1 amide bonds. The van der Waals surface area contributed by atoms with E-state index in [1.165, 1.54) is 18.2 Å². The highest BCUT2D eigenvalue weighted by atomic mass is 16.3. The lowest BCUT2D eigenvalue weighted by molar-refractivity contribution is 0.0934. The van der Waals surface area contributed by atoms with E-state index in [2.05, 4.69) is 5.32 Å². The molecule has 2 aromatic carbocycles. The molecule has 20 heavy (non-hydrogen) atoms. The Bertz CT molecular complexity index is 599. The molecule has 5 heteroatoms. The average Bonchev–Trinajstić information content (AvgIpc) is 2.48. The minimum atomic E-state index is -0.488. The number of aromatic hydroxyl groups is 2. The number of benzene rings is 2. The zero-order chi connectivity index (χ0) is 14.5. The van der Waals surface area contributed by atoms with Gasteiger partial charge in [-0.15, -0.1) is 0 Å². The summed E-state index contributed by atoms with van der Waals surface area (Å²) in [5.74, 6) is -1.26. The van der Waals surface area contributed by atoms with E-state index < -0.39 is 11.7 Å². The van der Waals surface area contributed by atoms with E-state index in [1.54, 1.807) is 0 Å². The second kappa shape index (κ2) is 6.08. The van der Waals surface area contributed by atoms with E-state index >= 15 is 0 Å². The van der Waals surface area contributed by atoms with Gasteiger partial charge in [-0.2, -0.15) is 0 Å². The van der Waals surface area contributed by atoms with Crippen molar-refractivity contribution < 1.29 is 15.0 Å². The van der Waals surface area contributed by atoms with Crippen molar-refractivity contribution >= 4 is 5.91 Å². The van der Waals surface area contributed by atoms with Crippen LogP contribution < -0.4 is 11.1 Å². The zero-order valence-electron chi connectivity index (χ0n) is 10.8. The number of hydrogen-bond acceptors (Lipinski definition) is 4. The molecule has 5 nitrogen and oxygen atoms in total. The van der Waals surface area contributed by atoms with Crippen LogP contribution in [0.5, 0.6) is 11.5 Å². The van der Waals surface area contributed by atoms with Crippen molar-refractivity contribution in [2.24, 2.45) is 5.73 Å². The van der Waals surface area contributed by atoms with Crippen LogP contribution in [0.3, 0.4) is 0 Å². The Balaban J connectivity index is 2.20. The lowest BCUT2D eigenvalue weighted by atomic mass is 10.1. The quantitative estimate of drug-likeness (QED) is 0.635. The molecule has 1 atom stereocenters. The van der Waals surface area contributed by atoms with Crippen LogP contribution in [0.25, 0.3) is 0 Å². The molecule has 104 valence electrons. The molecule has 2 rings (SSSR count). The van der Waals surface area contributed by atoms with Crippen molar-refractivity contribution in [1.29, 1.82) is 0 Å². The summed E-state index contributed by atoms with van der Waals surface area (Å²) in [5, 5.41) is 21.8. The minimum absolute atomic E-state index is 0.0133. The first-order valence-electron chi connectivity index (χ1n) is 6.20. The van der Waals surface area contributed by atoms with Gasteiger partial charge in [0, 0.05) is 6.54 Å². The second-order valence-corrected chi connectivity index (χ2v) is 4.35. The molecule has 0 saturated carbocycles. The number of phenolic OH excluding ortho intramolecular Hbond substituents is 2. The molecule has 2 aromatic rings. The van der Waals surface area contributed by atoms with E-state index in [9.17, 15) is 15.0 Å². The van der Waals surface area contributed by atoms with Crippen molar-refractivity contribution in [3.05, 3.63) is 59.7 Å². The third kappa shape index (κ3) is 2.89. The Morgan fingerprint density at radius 1 is 1.10 bits per heavy atom. The number of amides is 1. The predicted molar refractivity (Wildman–Crippen MR) is 75.5 cm³/mol. The van der Waals surface area contributed by atoms with Gasteiger partial charge < -0.3 is 21.3 Å². The van der Waals surface area contributed by atoms with Gasteiger partial charge in [0.05, 0.1) is 11.6 Å². The highest BCUT2D eigenvalue weighted by Crippen LogP contribution is 2.28. The largest absolute Gasteiger partial charge is 0.504 e. The fraction of sp³-hybridized carbons (Fsp3) is 0.133. The van der Waals surface area contributed by atoms with E-state index in [0.717, 1.165) is 5.56 Å². The molecule has 0 aromatic heterocycles. The summed E-state index contributed by atoms with van der Waals surface area (Å²) in [7, 11) is 0. The van der Waals surface area contributed by atoms with Crippen molar-refractivity contribution in [2.75, 3.05) is 6.54 Å². The van der Waals surface area contributed by atoms with Crippen LogP contribution in [-0.4, -0.2) is 22.7 Å². The molecular weight excluding hydrogens is 256 g/mol. The maximum Gasteiger partial charge on any atom is 0.255 e. The van der Waals surface area contributed by atoms with Gasteiger partial charge in [-0.25, -0.2) is 0 Å².